The number of aliphatic hydroxyl groups excluding tert-OH is 5. The summed E-state index contributed by atoms with van der Waals surface area (Å²) in [6, 6.07) is 0. The Morgan fingerprint density at radius 2 is 1.60 bits per heavy atom. The van der Waals surface area contributed by atoms with Crippen LogP contribution in [0, 0.1) is 0 Å². The molecule has 1 fully saturated rings. The van der Waals surface area contributed by atoms with Crippen LogP contribution in [-0.4, -0.2) is 86.9 Å². The molecule has 1 rings (SSSR count). The van der Waals surface area contributed by atoms with Crippen molar-refractivity contribution < 1.29 is 54.1 Å². The van der Waals surface area contributed by atoms with E-state index in [9.17, 15) is 25.1 Å². The average molecular weight is 323 g/mol. The molecule has 0 saturated carbocycles. The molecule has 5 atom stereocenters. The van der Waals surface area contributed by atoms with Crippen molar-refractivity contribution in [1.29, 1.82) is 0 Å². The minimum atomic E-state index is -4.41. The van der Waals surface area contributed by atoms with E-state index in [0.29, 0.717) is 0 Å². The highest BCUT2D eigenvalue weighted by Crippen LogP contribution is 2.54. The first kappa shape index (κ1) is 20.0. The van der Waals surface area contributed by atoms with E-state index < -0.39 is 45.5 Å². The summed E-state index contributed by atoms with van der Waals surface area (Å²) in [7, 11) is -2.42. The number of rotatable bonds is 5. The van der Waals surface area contributed by atoms with Crippen molar-refractivity contribution in [1.82, 2.24) is 0 Å². The largest absolute Gasteiger partial charge is 0.603 e. The van der Waals surface area contributed by atoms with Crippen LogP contribution in [0.15, 0.2) is 0 Å². The van der Waals surface area contributed by atoms with E-state index in [-0.39, 0.29) is 0 Å². The van der Waals surface area contributed by atoms with E-state index in [2.05, 4.69) is 14.1 Å². The van der Waals surface area contributed by atoms with Crippen LogP contribution in [0.25, 0.3) is 0 Å². The molecule has 1 heterocycles. The van der Waals surface area contributed by atoms with E-state index >= 15 is 0 Å². The first-order chi connectivity index (χ1) is 9.32. The monoisotopic (exact) mass is 323 g/mol. The fourth-order valence-corrected chi connectivity index (χ4v) is 2.08. The van der Waals surface area contributed by atoms with Crippen LogP contribution in [-0.2, 0) is 18.8 Å². The summed E-state index contributed by atoms with van der Waals surface area (Å²) in [5.74, 6) is 0. The lowest BCUT2D eigenvalue weighted by Crippen LogP contribution is -2.59. The second-order valence-electron chi connectivity index (χ2n) is 3.53. The molecule has 12 heteroatoms. The first-order valence-electron chi connectivity index (χ1n) is 5.33. The molecule has 5 unspecified atom stereocenters. The molecule has 0 aromatic carbocycles. The van der Waals surface area contributed by atoms with Crippen molar-refractivity contribution in [2.45, 2.75) is 30.7 Å². The topological polar surface area (TPSA) is 179 Å². The minimum absolute atomic E-state index is 0.668. The predicted octanol–water partition coefficient (Wildman–Crippen LogP) is -3.35. The van der Waals surface area contributed by atoms with Crippen LogP contribution in [0.3, 0.4) is 0 Å². The van der Waals surface area contributed by atoms with Crippen LogP contribution in [0.4, 0.5) is 0 Å². The van der Waals surface area contributed by atoms with E-state index in [1.807, 2.05) is 0 Å². The van der Waals surface area contributed by atoms with Gasteiger partial charge < -0.3 is 30.3 Å². The van der Waals surface area contributed by atoms with Gasteiger partial charge in [-0.3, -0.25) is 0 Å². The molecule has 0 spiro atoms. The maximum Gasteiger partial charge on any atom is 0.603 e. The Bertz CT molecular complexity index is 263. The Morgan fingerprint density at radius 1 is 1.05 bits per heavy atom. The van der Waals surface area contributed by atoms with E-state index in [1.165, 1.54) is 0 Å². The van der Waals surface area contributed by atoms with E-state index in [0.717, 1.165) is 14.2 Å². The molecule has 0 aliphatic carbocycles. The van der Waals surface area contributed by atoms with Crippen molar-refractivity contribution in [3.63, 3.8) is 0 Å². The SMILES string of the molecule is CO.COO[P+](O)(O)OC1OC(CO)C(O)C(O)C1O. The van der Waals surface area contributed by atoms with Gasteiger partial charge in [0.25, 0.3) is 0 Å². The molecule has 7 N–H and O–H groups in total. The second-order valence-corrected chi connectivity index (χ2v) is 4.88. The lowest BCUT2D eigenvalue weighted by molar-refractivity contribution is -0.293. The number of ether oxygens (including phenoxy) is 1. The zero-order valence-corrected chi connectivity index (χ0v) is 11.7. The fourth-order valence-electron chi connectivity index (χ4n) is 1.40. The summed E-state index contributed by atoms with van der Waals surface area (Å²) in [5, 5.41) is 44.2. The molecule has 1 saturated heterocycles. The molecule has 0 aromatic heterocycles. The van der Waals surface area contributed by atoms with Crippen LogP contribution in [0.5, 0.6) is 0 Å². The zero-order valence-electron chi connectivity index (χ0n) is 10.8. The Kier molecular flexibility index (Phi) is 9.09. The summed E-state index contributed by atoms with van der Waals surface area (Å²) < 4.78 is 13.4. The molecule has 0 bridgehead atoms. The molecule has 122 valence electrons. The first-order valence-corrected chi connectivity index (χ1v) is 6.86. The van der Waals surface area contributed by atoms with Crippen LogP contribution >= 0.6 is 8.17 Å². The maximum atomic E-state index is 9.51. The lowest BCUT2D eigenvalue weighted by Gasteiger charge is -2.38. The summed E-state index contributed by atoms with van der Waals surface area (Å²) in [4.78, 5) is 22.4. The predicted molar refractivity (Wildman–Crippen MR) is 62.4 cm³/mol. The van der Waals surface area contributed by atoms with Gasteiger partial charge in [0.05, 0.1) is 13.7 Å². The zero-order chi connectivity index (χ0) is 15.9. The fraction of sp³-hybridized carbons (Fsp3) is 1.00. The molecule has 1 aliphatic rings. The summed E-state index contributed by atoms with van der Waals surface area (Å²) in [6.07, 6.45) is -7.96. The van der Waals surface area contributed by atoms with Crippen LogP contribution in [0.1, 0.15) is 0 Å². The minimum Gasteiger partial charge on any atom is -0.400 e. The van der Waals surface area contributed by atoms with Crippen LogP contribution in [0.2, 0.25) is 0 Å². The highest BCUT2D eigenvalue weighted by atomic mass is 31.2. The smallest absolute Gasteiger partial charge is 0.400 e. The molecular weight excluding hydrogens is 303 g/mol. The summed E-state index contributed by atoms with van der Waals surface area (Å²) in [6.45, 7) is -0.668. The third-order valence-electron chi connectivity index (χ3n) is 2.26. The Hall–Kier alpha value is -0.0100. The van der Waals surface area contributed by atoms with E-state index in [1.54, 1.807) is 0 Å². The summed E-state index contributed by atoms with van der Waals surface area (Å²) in [5.41, 5.74) is 0. The Morgan fingerprint density at radius 3 is 2.05 bits per heavy atom. The molecule has 20 heavy (non-hydrogen) atoms. The highest BCUT2D eigenvalue weighted by Gasteiger charge is 2.53. The van der Waals surface area contributed by atoms with Gasteiger partial charge in [0.2, 0.25) is 6.29 Å². The van der Waals surface area contributed by atoms with Gasteiger partial charge in [-0.25, -0.2) is 0 Å². The summed E-state index contributed by atoms with van der Waals surface area (Å²) >= 11 is 0. The van der Waals surface area contributed by atoms with Crippen molar-refractivity contribution in [2.24, 2.45) is 0 Å². The van der Waals surface area contributed by atoms with Gasteiger partial charge in [-0.2, -0.15) is 14.7 Å². The normalized spacial score (nSPS) is 34.4. The average Bonchev–Trinajstić information content (AvgIpc) is 2.41. The van der Waals surface area contributed by atoms with Gasteiger partial charge in [0.15, 0.2) is 0 Å². The standard InChI is InChI=1S/C7H16O10P.CH4O/c1-14-17-18(12,13)16-7-6(11)5(10)4(9)3(2-8)15-7;1-2/h3-13H,2H2,1H3;2H,1H3/q+1;. The van der Waals surface area contributed by atoms with Crippen molar-refractivity contribution in [3.05, 3.63) is 0 Å². The molecular formula is C8H20O11P+. The lowest BCUT2D eigenvalue weighted by atomic mass is 10.00. The molecule has 0 radical (unpaired) electrons. The Balaban J connectivity index is 0.00000172. The quantitative estimate of drug-likeness (QED) is 0.153. The van der Waals surface area contributed by atoms with Gasteiger partial charge in [0.1, 0.15) is 24.4 Å². The van der Waals surface area contributed by atoms with Gasteiger partial charge >= 0.3 is 8.17 Å². The third-order valence-corrected chi connectivity index (χ3v) is 3.09. The number of hydrogen-bond donors (Lipinski definition) is 7. The van der Waals surface area contributed by atoms with Crippen molar-refractivity contribution in [3.8, 4) is 0 Å². The number of aliphatic hydroxyl groups is 5. The van der Waals surface area contributed by atoms with Gasteiger partial charge in [-0.1, -0.05) is 0 Å². The van der Waals surface area contributed by atoms with Gasteiger partial charge in [-0.05, 0) is 0 Å². The highest BCUT2D eigenvalue weighted by molar-refractivity contribution is 7.54. The van der Waals surface area contributed by atoms with E-state index in [4.69, 9.17) is 14.9 Å². The molecule has 11 nitrogen and oxygen atoms in total. The van der Waals surface area contributed by atoms with Gasteiger partial charge in [0, 0.05) is 11.8 Å². The van der Waals surface area contributed by atoms with Gasteiger partial charge in [-0.15, -0.1) is 4.52 Å². The maximum absolute atomic E-state index is 9.51. The molecule has 0 aromatic rings. The third kappa shape index (κ3) is 5.41. The Labute approximate surface area is 115 Å². The van der Waals surface area contributed by atoms with Crippen LogP contribution < -0.4 is 0 Å². The molecule has 0 amide bonds. The number of hydrogen-bond acceptors (Lipinski definition) is 11. The second kappa shape index (κ2) is 9.10. The molecule has 1 aliphatic heterocycles. The van der Waals surface area contributed by atoms with Crippen molar-refractivity contribution >= 4 is 8.17 Å². The van der Waals surface area contributed by atoms with Crippen molar-refractivity contribution in [2.75, 3.05) is 20.8 Å².